The summed E-state index contributed by atoms with van der Waals surface area (Å²) in [5.41, 5.74) is 1.50. The summed E-state index contributed by atoms with van der Waals surface area (Å²) in [5, 5.41) is 13.5. The minimum atomic E-state index is -3.92. The van der Waals surface area contributed by atoms with Gasteiger partial charge >= 0.3 is 0 Å². The molecule has 0 aliphatic rings. The fraction of sp³-hybridized carbons (Fsp3) is 0.238. The molecule has 0 saturated carbocycles. The first kappa shape index (κ1) is 20.0. The molecule has 0 aliphatic heterocycles. The first-order valence-electron chi connectivity index (χ1n) is 9.03. The maximum absolute atomic E-state index is 12.9. The van der Waals surface area contributed by atoms with E-state index in [2.05, 4.69) is 4.72 Å². The maximum atomic E-state index is 12.9. The van der Waals surface area contributed by atoms with Gasteiger partial charge in [-0.2, -0.15) is 4.72 Å². The van der Waals surface area contributed by atoms with E-state index >= 15 is 0 Å². The Hall–Kier alpha value is -2.77. The average Bonchev–Trinajstić information content (AvgIpc) is 2.67. The van der Waals surface area contributed by atoms with Gasteiger partial charge in [-0.25, -0.2) is 8.42 Å². The Labute approximate surface area is 164 Å². The second-order valence-electron chi connectivity index (χ2n) is 6.78. The molecule has 146 valence electrons. The number of sulfonamides is 1. The van der Waals surface area contributed by atoms with Crippen LogP contribution in [0.4, 0.5) is 0 Å². The van der Waals surface area contributed by atoms with E-state index in [0.717, 1.165) is 16.3 Å². The summed E-state index contributed by atoms with van der Waals surface area (Å²) in [6.45, 7) is 3.54. The lowest BCUT2D eigenvalue weighted by molar-refractivity contribution is -0.527. The van der Waals surface area contributed by atoms with Crippen LogP contribution >= 0.6 is 0 Å². The largest absolute Gasteiger partial charge is 0.264 e. The zero-order valence-electron chi connectivity index (χ0n) is 15.7. The number of hydrogen-bond donors (Lipinski definition) is 1. The number of hydrogen-bond acceptors (Lipinski definition) is 4. The summed E-state index contributed by atoms with van der Waals surface area (Å²) in [6.07, 6.45) is 0.195. The van der Waals surface area contributed by atoms with Crippen LogP contribution in [0.3, 0.4) is 0 Å². The predicted molar refractivity (Wildman–Crippen MR) is 109 cm³/mol. The van der Waals surface area contributed by atoms with Crippen LogP contribution < -0.4 is 4.72 Å². The van der Waals surface area contributed by atoms with Crippen molar-refractivity contribution < 1.29 is 13.3 Å². The van der Waals surface area contributed by atoms with E-state index in [1.54, 1.807) is 25.1 Å². The Morgan fingerprint density at radius 3 is 2.25 bits per heavy atom. The van der Waals surface area contributed by atoms with Crippen molar-refractivity contribution in [1.82, 2.24) is 4.72 Å². The SMILES string of the molecule is CCC(C(NS(=O)(=O)c1ccc(C)cc1)c1ccc2ccccc2c1)[N+](=O)[O-]. The lowest BCUT2D eigenvalue weighted by atomic mass is 9.96. The standard InChI is InChI=1S/C21H22N2O4S/c1-3-20(23(24)25)21(18-11-10-16-6-4-5-7-17(16)14-18)22-28(26,27)19-12-8-15(2)9-13-19/h4-14,20-22H,3H2,1-2H3. The zero-order chi connectivity index (χ0) is 20.3. The second kappa shape index (κ2) is 8.08. The van der Waals surface area contributed by atoms with E-state index < -0.39 is 27.0 Å². The van der Waals surface area contributed by atoms with Crippen molar-refractivity contribution in [3.63, 3.8) is 0 Å². The number of rotatable bonds is 7. The fourth-order valence-electron chi connectivity index (χ4n) is 3.23. The van der Waals surface area contributed by atoms with E-state index in [1.165, 1.54) is 12.1 Å². The molecule has 2 atom stereocenters. The van der Waals surface area contributed by atoms with Crippen molar-refractivity contribution in [2.24, 2.45) is 0 Å². The van der Waals surface area contributed by atoms with Crippen LogP contribution in [0.5, 0.6) is 0 Å². The fourth-order valence-corrected chi connectivity index (χ4v) is 4.49. The quantitative estimate of drug-likeness (QED) is 0.476. The van der Waals surface area contributed by atoms with Crippen molar-refractivity contribution in [2.75, 3.05) is 0 Å². The monoisotopic (exact) mass is 398 g/mol. The molecule has 0 amide bonds. The van der Waals surface area contributed by atoms with Gasteiger partial charge in [0.25, 0.3) is 0 Å². The third-order valence-electron chi connectivity index (χ3n) is 4.82. The van der Waals surface area contributed by atoms with Gasteiger partial charge in [0.05, 0.1) is 4.90 Å². The van der Waals surface area contributed by atoms with Crippen LogP contribution in [0.15, 0.2) is 71.6 Å². The van der Waals surface area contributed by atoms with Gasteiger partial charge in [-0.1, -0.05) is 61.0 Å². The van der Waals surface area contributed by atoms with E-state index in [4.69, 9.17) is 0 Å². The molecule has 0 spiro atoms. The molecule has 3 rings (SSSR count). The molecular weight excluding hydrogens is 376 g/mol. The van der Waals surface area contributed by atoms with Gasteiger partial charge in [-0.3, -0.25) is 10.1 Å². The van der Waals surface area contributed by atoms with Crippen LogP contribution in [0.25, 0.3) is 10.8 Å². The maximum Gasteiger partial charge on any atom is 0.241 e. The molecule has 6 nitrogen and oxygen atoms in total. The number of nitrogens with one attached hydrogen (secondary N) is 1. The highest BCUT2D eigenvalue weighted by Crippen LogP contribution is 2.27. The van der Waals surface area contributed by atoms with Gasteiger partial charge < -0.3 is 0 Å². The van der Waals surface area contributed by atoms with E-state index in [9.17, 15) is 18.5 Å². The predicted octanol–water partition coefficient (Wildman–Crippen LogP) is 4.22. The summed E-state index contributed by atoms with van der Waals surface area (Å²) < 4.78 is 28.4. The average molecular weight is 398 g/mol. The zero-order valence-corrected chi connectivity index (χ0v) is 16.5. The van der Waals surface area contributed by atoms with Gasteiger partial charge in [0.2, 0.25) is 16.1 Å². The van der Waals surface area contributed by atoms with Gasteiger partial charge in [0, 0.05) is 11.3 Å². The lowest BCUT2D eigenvalue weighted by Crippen LogP contribution is -2.39. The third-order valence-corrected chi connectivity index (χ3v) is 6.28. The highest BCUT2D eigenvalue weighted by atomic mass is 32.2. The molecule has 0 fully saturated rings. The highest BCUT2D eigenvalue weighted by Gasteiger charge is 2.35. The van der Waals surface area contributed by atoms with Crippen molar-refractivity contribution in [3.8, 4) is 0 Å². The molecular formula is C21H22N2O4S. The minimum Gasteiger partial charge on any atom is -0.264 e. The smallest absolute Gasteiger partial charge is 0.241 e. The summed E-state index contributed by atoms with van der Waals surface area (Å²) in [6, 6.07) is 17.4. The van der Waals surface area contributed by atoms with Gasteiger partial charge in [0.1, 0.15) is 6.04 Å². The Balaban J connectivity index is 2.05. The van der Waals surface area contributed by atoms with Crippen molar-refractivity contribution >= 4 is 20.8 Å². The number of benzene rings is 3. The lowest BCUT2D eigenvalue weighted by Gasteiger charge is -2.22. The van der Waals surface area contributed by atoms with Gasteiger partial charge in [-0.05, 0) is 41.5 Å². The first-order valence-corrected chi connectivity index (χ1v) is 10.5. The van der Waals surface area contributed by atoms with Crippen molar-refractivity contribution in [1.29, 1.82) is 0 Å². The second-order valence-corrected chi connectivity index (χ2v) is 8.49. The molecule has 0 aromatic heterocycles. The van der Waals surface area contributed by atoms with Gasteiger partial charge in [-0.15, -0.1) is 0 Å². The normalized spacial score (nSPS) is 13.9. The van der Waals surface area contributed by atoms with Gasteiger partial charge in [0.15, 0.2) is 0 Å². The van der Waals surface area contributed by atoms with Crippen LogP contribution in [0.1, 0.15) is 30.5 Å². The molecule has 2 unspecified atom stereocenters. The molecule has 3 aromatic carbocycles. The summed E-state index contributed by atoms with van der Waals surface area (Å²) in [5.74, 6) is 0. The van der Waals surface area contributed by atoms with Crippen molar-refractivity contribution in [3.05, 3.63) is 88.0 Å². The van der Waals surface area contributed by atoms with E-state index in [-0.39, 0.29) is 11.3 Å². The topological polar surface area (TPSA) is 89.3 Å². The third kappa shape index (κ3) is 4.21. The van der Waals surface area contributed by atoms with Crippen LogP contribution in [-0.4, -0.2) is 19.4 Å². The molecule has 28 heavy (non-hydrogen) atoms. The Morgan fingerprint density at radius 1 is 1.00 bits per heavy atom. The van der Waals surface area contributed by atoms with Crippen LogP contribution in [0.2, 0.25) is 0 Å². The number of nitrogens with zero attached hydrogens (tertiary/aromatic N) is 1. The molecule has 0 heterocycles. The Kier molecular flexibility index (Phi) is 5.76. The van der Waals surface area contributed by atoms with Crippen LogP contribution in [-0.2, 0) is 10.0 Å². The Morgan fingerprint density at radius 2 is 1.64 bits per heavy atom. The molecule has 3 aromatic rings. The number of fused-ring (bicyclic) bond motifs is 1. The highest BCUT2D eigenvalue weighted by molar-refractivity contribution is 7.89. The molecule has 7 heteroatoms. The summed E-state index contributed by atoms with van der Waals surface area (Å²) in [7, 11) is -3.92. The van der Waals surface area contributed by atoms with Crippen molar-refractivity contribution in [2.45, 2.75) is 37.2 Å². The minimum absolute atomic E-state index is 0.0853. The number of nitro groups is 1. The molecule has 0 bridgehead atoms. The van der Waals surface area contributed by atoms with Crippen LogP contribution in [0, 0.1) is 17.0 Å². The van der Waals surface area contributed by atoms with E-state index in [0.29, 0.717) is 5.56 Å². The summed E-state index contributed by atoms with van der Waals surface area (Å²) >= 11 is 0. The molecule has 0 saturated heterocycles. The Bertz CT molecular complexity index is 1090. The first-order chi connectivity index (χ1) is 13.3. The molecule has 0 aliphatic carbocycles. The summed E-state index contributed by atoms with van der Waals surface area (Å²) in [4.78, 5) is 11.3. The number of aryl methyl sites for hydroxylation is 1. The molecule has 1 N–H and O–H groups in total. The molecule has 0 radical (unpaired) electrons. The van der Waals surface area contributed by atoms with E-state index in [1.807, 2.05) is 43.3 Å².